The normalized spacial score (nSPS) is 15.5. The Morgan fingerprint density at radius 3 is 2.69 bits per heavy atom. The summed E-state index contributed by atoms with van der Waals surface area (Å²) in [6, 6.07) is 10.3. The first-order valence-electron chi connectivity index (χ1n) is 5.77. The molecule has 82 valence electrons. The molecule has 0 atom stereocenters. The number of nitrogens with zero attached hydrogens (tertiary/aromatic N) is 1. The molecule has 1 aromatic heterocycles. The summed E-state index contributed by atoms with van der Waals surface area (Å²) >= 11 is 0. The van der Waals surface area contributed by atoms with Gasteiger partial charge in [-0.25, -0.2) is 4.98 Å². The van der Waals surface area contributed by atoms with E-state index >= 15 is 0 Å². The van der Waals surface area contributed by atoms with Crippen LogP contribution in [0.25, 0.3) is 11.4 Å². The molecule has 0 bridgehead atoms. The van der Waals surface area contributed by atoms with Crippen LogP contribution >= 0.6 is 0 Å². The fourth-order valence-electron chi connectivity index (χ4n) is 2.14. The average molecular weight is 213 g/mol. The van der Waals surface area contributed by atoms with Crippen LogP contribution in [0.5, 0.6) is 0 Å². The van der Waals surface area contributed by atoms with Crippen LogP contribution in [0.2, 0.25) is 0 Å². The molecule has 2 heterocycles. The highest BCUT2D eigenvalue weighted by Crippen LogP contribution is 2.19. The second-order valence-corrected chi connectivity index (χ2v) is 4.13. The number of hydrogen-bond donors (Lipinski definition) is 2. The van der Waals surface area contributed by atoms with E-state index in [1.807, 2.05) is 18.2 Å². The first kappa shape index (κ1) is 9.60. The van der Waals surface area contributed by atoms with Gasteiger partial charge in [0.2, 0.25) is 0 Å². The zero-order valence-electron chi connectivity index (χ0n) is 9.16. The van der Waals surface area contributed by atoms with Crippen LogP contribution in [0, 0.1) is 0 Å². The van der Waals surface area contributed by atoms with Crippen molar-refractivity contribution < 1.29 is 0 Å². The molecule has 1 aliphatic rings. The van der Waals surface area contributed by atoms with E-state index in [1.165, 1.54) is 17.0 Å². The van der Waals surface area contributed by atoms with Gasteiger partial charge in [-0.2, -0.15) is 0 Å². The molecule has 0 radical (unpaired) electrons. The summed E-state index contributed by atoms with van der Waals surface area (Å²) in [7, 11) is 0. The third-order valence-corrected chi connectivity index (χ3v) is 3.00. The number of rotatable bonds is 1. The Morgan fingerprint density at radius 1 is 1.00 bits per heavy atom. The Balaban J connectivity index is 1.98. The number of imidazole rings is 1. The second kappa shape index (κ2) is 4.10. The van der Waals surface area contributed by atoms with Gasteiger partial charge in [-0.1, -0.05) is 30.3 Å². The predicted molar refractivity (Wildman–Crippen MR) is 64.3 cm³/mol. The number of aromatic amines is 1. The van der Waals surface area contributed by atoms with Gasteiger partial charge in [0.05, 0.1) is 5.69 Å². The maximum Gasteiger partial charge on any atom is 0.137 e. The Morgan fingerprint density at radius 2 is 1.81 bits per heavy atom. The molecular weight excluding hydrogens is 198 g/mol. The molecule has 16 heavy (non-hydrogen) atoms. The highest BCUT2D eigenvalue weighted by atomic mass is 15.0. The summed E-state index contributed by atoms with van der Waals surface area (Å²) in [4.78, 5) is 8.12. The van der Waals surface area contributed by atoms with E-state index in [1.54, 1.807) is 0 Å². The molecular formula is C13H15N3. The topological polar surface area (TPSA) is 40.7 Å². The first-order valence-corrected chi connectivity index (χ1v) is 5.77. The van der Waals surface area contributed by atoms with E-state index in [9.17, 15) is 0 Å². The summed E-state index contributed by atoms with van der Waals surface area (Å²) < 4.78 is 0. The molecule has 0 saturated carbocycles. The molecule has 2 N–H and O–H groups in total. The molecule has 2 aromatic rings. The monoisotopic (exact) mass is 213 g/mol. The van der Waals surface area contributed by atoms with Crippen LogP contribution in [-0.4, -0.2) is 23.1 Å². The SMILES string of the molecule is c1ccc(-c2nc3c([nH]2)CCNCC3)cc1. The molecule has 0 amide bonds. The number of hydrogen-bond acceptors (Lipinski definition) is 2. The van der Waals surface area contributed by atoms with Crippen molar-refractivity contribution in [3.8, 4) is 11.4 Å². The maximum absolute atomic E-state index is 4.69. The highest BCUT2D eigenvalue weighted by Gasteiger charge is 2.13. The van der Waals surface area contributed by atoms with Gasteiger partial charge in [-0.05, 0) is 0 Å². The minimum Gasteiger partial charge on any atom is -0.342 e. The minimum atomic E-state index is 1.01. The molecule has 1 aliphatic heterocycles. The van der Waals surface area contributed by atoms with E-state index in [0.29, 0.717) is 0 Å². The molecule has 3 nitrogen and oxygen atoms in total. The standard InChI is InChI=1S/C13H15N3/c1-2-4-10(5-3-1)13-15-11-6-8-14-9-7-12(11)16-13/h1-5,14H,6-9H2,(H,15,16). The number of fused-ring (bicyclic) bond motifs is 1. The van der Waals surface area contributed by atoms with E-state index in [4.69, 9.17) is 0 Å². The van der Waals surface area contributed by atoms with Crippen molar-refractivity contribution in [2.24, 2.45) is 0 Å². The van der Waals surface area contributed by atoms with Crippen LogP contribution < -0.4 is 5.32 Å². The maximum atomic E-state index is 4.69. The van der Waals surface area contributed by atoms with Crippen LogP contribution in [0.15, 0.2) is 30.3 Å². The van der Waals surface area contributed by atoms with Crippen molar-refractivity contribution in [3.63, 3.8) is 0 Å². The van der Waals surface area contributed by atoms with E-state index in [-0.39, 0.29) is 0 Å². The fourth-order valence-corrected chi connectivity index (χ4v) is 2.14. The van der Waals surface area contributed by atoms with Gasteiger partial charge < -0.3 is 10.3 Å². The van der Waals surface area contributed by atoms with Gasteiger partial charge in [0, 0.05) is 37.2 Å². The lowest BCUT2D eigenvalue weighted by atomic mass is 10.2. The third-order valence-electron chi connectivity index (χ3n) is 3.00. The van der Waals surface area contributed by atoms with E-state index in [2.05, 4.69) is 27.4 Å². The van der Waals surface area contributed by atoms with Crippen LogP contribution in [-0.2, 0) is 12.8 Å². The number of H-pyrrole nitrogens is 1. The van der Waals surface area contributed by atoms with Crippen molar-refractivity contribution in [1.82, 2.24) is 15.3 Å². The Labute approximate surface area is 94.9 Å². The molecule has 0 aliphatic carbocycles. The van der Waals surface area contributed by atoms with Crippen molar-refractivity contribution in [3.05, 3.63) is 41.7 Å². The van der Waals surface area contributed by atoms with Gasteiger partial charge in [0.15, 0.2) is 0 Å². The van der Waals surface area contributed by atoms with Crippen molar-refractivity contribution in [2.75, 3.05) is 13.1 Å². The summed E-state index contributed by atoms with van der Waals surface area (Å²) in [6.45, 7) is 2.08. The number of nitrogens with one attached hydrogen (secondary N) is 2. The Kier molecular flexibility index (Phi) is 2.46. The average Bonchev–Trinajstić information content (AvgIpc) is 2.62. The van der Waals surface area contributed by atoms with Gasteiger partial charge in [0.1, 0.15) is 5.82 Å². The van der Waals surface area contributed by atoms with E-state index < -0.39 is 0 Å². The lowest BCUT2D eigenvalue weighted by Gasteiger charge is -1.97. The molecule has 0 fully saturated rings. The largest absolute Gasteiger partial charge is 0.342 e. The van der Waals surface area contributed by atoms with Crippen LogP contribution in [0.1, 0.15) is 11.4 Å². The number of aromatic nitrogens is 2. The van der Waals surface area contributed by atoms with Crippen molar-refractivity contribution >= 4 is 0 Å². The molecule has 3 rings (SSSR count). The fraction of sp³-hybridized carbons (Fsp3) is 0.308. The first-order chi connectivity index (χ1) is 7.93. The summed E-state index contributed by atoms with van der Waals surface area (Å²) in [5, 5.41) is 3.38. The smallest absolute Gasteiger partial charge is 0.137 e. The quantitative estimate of drug-likeness (QED) is 0.758. The second-order valence-electron chi connectivity index (χ2n) is 4.13. The molecule has 0 saturated heterocycles. The van der Waals surface area contributed by atoms with Crippen molar-refractivity contribution in [1.29, 1.82) is 0 Å². The molecule has 1 aromatic carbocycles. The Hall–Kier alpha value is -1.61. The summed E-state index contributed by atoms with van der Waals surface area (Å²) in [6.07, 6.45) is 2.08. The number of benzene rings is 1. The lowest BCUT2D eigenvalue weighted by molar-refractivity contribution is 0.704. The zero-order valence-corrected chi connectivity index (χ0v) is 9.16. The third kappa shape index (κ3) is 1.74. The zero-order chi connectivity index (χ0) is 10.8. The lowest BCUT2D eigenvalue weighted by Crippen LogP contribution is -2.16. The van der Waals surface area contributed by atoms with Crippen LogP contribution in [0.3, 0.4) is 0 Å². The van der Waals surface area contributed by atoms with Crippen LogP contribution in [0.4, 0.5) is 0 Å². The van der Waals surface area contributed by atoms with Gasteiger partial charge >= 0.3 is 0 Å². The predicted octanol–water partition coefficient (Wildman–Crippen LogP) is 1.76. The Bertz CT molecular complexity index is 450. The van der Waals surface area contributed by atoms with Gasteiger partial charge in [0.25, 0.3) is 0 Å². The highest BCUT2D eigenvalue weighted by molar-refractivity contribution is 5.55. The minimum absolute atomic E-state index is 1.01. The van der Waals surface area contributed by atoms with Crippen molar-refractivity contribution in [2.45, 2.75) is 12.8 Å². The van der Waals surface area contributed by atoms with Gasteiger partial charge in [-0.3, -0.25) is 0 Å². The van der Waals surface area contributed by atoms with E-state index in [0.717, 1.165) is 31.8 Å². The molecule has 0 unspecified atom stereocenters. The molecule has 3 heteroatoms. The summed E-state index contributed by atoms with van der Waals surface area (Å²) in [5.74, 6) is 1.01. The molecule has 0 spiro atoms. The van der Waals surface area contributed by atoms with Gasteiger partial charge in [-0.15, -0.1) is 0 Å². The summed E-state index contributed by atoms with van der Waals surface area (Å²) in [5.41, 5.74) is 3.69.